The summed E-state index contributed by atoms with van der Waals surface area (Å²) in [6.07, 6.45) is 5.83. The van der Waals surface area contributed by atoms with Crippen LogP contribution in [0.25, 0.3) is 16.5 Å². The first kappa shape index (κ1) is 9.84. The lowest BCUT2D eigenvalue weighted by Crippen LogP contribution is -1.77. The van der Waals surface area contributed by atoms with Crippen LogP contribution in [0.15, 0.2) is 17.4 Å². The molecule has 0 aliphatic heterocycles. The van der Waals surface area contributed by atoms with E-state index in [1.54, 1.807) is 12.3 Å². The van der Waals surface area contributed by atoms with Crippen molar-refractivity contribution in [3.05, 3.63) is 34.0 Å². The summed E-state index contributed by atoms with van der Waals surface area (Å²) in [7, 11) is 0. The molecule has 14 heavy (non-hydrogen) atoms. The first-order valence-electron chi connectivity index (χ1n) is 3.99. The molecule has 0 aromatic carbocycles. The maximum atomic E-state index is 8.63. The normalized spacial score (nSPS) is 9.64. The quantitative estimate of drug-likeness (QED) is 0.338. The highest BCUT2D eigenvalue weighted by molar-refractivity contribution is 5.54. The van der Waals surface area contributed by atoms with Crippen molar-refractivity contribution < 1.29 is 0 Å². The topological polar surface area (TPSA) is 101 Å². The van der Waals surface area contributed by atoms with Gasteiger partial charge in [0.15, 0.2) is 0 Å². The van der Waals surface area contributed by atoms with Gasteiger partial charge in [-0.25, -0.2) is 0 Å². The van der Waals surface area contributed by atoms with Crippen LogP contribution in [0.5, 0.6) is 0 Å². The second-order valence-electron chi connectivity index (χ2n) is 2.46. The van der Waals surface area contributed by atoms with E-state index in [4.69, 9.17) is 10.8 Å². The summed E-state index contributed by atoms with van der Waals surface area (Å²) in [5.41, 5.74) is 9.19. The predicted octanol–water partition coefficient (Wildman–Crippen LogP) is 1.99. The SMILES string of the molecule is N#Cc1[nH]ncc1C=CCCN=[N+]=[N-]. The number of rotatable bonds is 4. The summed E-state index contributed by atoms with van der Waals surface area (Å²) in [6, 6.07) is 1.98. The minimum Gasteiger partial charge on any atom is -0.267 e. The molecular weight excluding hydrogens is 180 g/mol. The summed E-state index contributed by atoms with van der Waals surface area (Å²) >= 11 is 0. The van der Waals surface area contributed by atoms with Crippen LogP contribution in [0, 0.1) is 11.3 Å². The molecule has 0 spiro atoms. The Morgan fingerprint density at radius 2 is 2.64 bits per heavy atom. The number of nitriles is 1. The van der Waals surface area contributed by atoms with Gasteiger partial charge in [-0.1, -0.05) is 17.3 Å². The van der Waals surface area contributed by atoms with Crippen LogP contribution in [0.4, 0.5) is 0 Å². The van der Waals surface area contributed by atoms with E-state index < -0.39 is 0 Å². The van der Waals surface area contributed by atoms with Gasteiger partial charge in [-0.15, -0.1) is 0 Å². The molecule has 0 fully saturated rings. The second kappa shape index (κ2) is 5.41. The van der Waals surface area contributed by atoms with E-state index in [2.05, 4.69) is 20.2 Å². The zero-order valence-corrected chi connectivity index (χ0v) is 7.38. The highest BCUT2D eigenvalue weighted by Gasteiger charge is 1.97. The smallest absolute Gasteiger partial charge is 0.142 e. The van der Waals surface area contributed by atoms with Gasteiger partial charge in [0.1, 0.15) is 11.8 Å². The van der Waals surface area contributed by atoms with Crippen molar-refractivity contribution in [2.75, 3.05) is 6.54 Å². The number of nitrogens with one attached hydrogen (secondary N) is 1. The molecule has 70 valence electrons. The summed E-state index contributed by atoms with van der Waals surface area (Å²) in [5, 5.41) is 18.3. The molecule has 0 unspecified atom stereocenters. The first-order valence-corrected chi connectivity index (χ1v) is 3.99. The fourth-order valence-corrected chi connectivity index (χ4v) is 0.899. The Hall–Kier alpha value is -2.25. The Labute approximate surface area is 80.5 Å². The molecule has 0 saturated heterocycles. The highest BCUT2D eigenvalue weighted by Crippen LogP contribution is 2.05. The number of H-pyrrole nitrogens is 1. The summed E-state index contributed by atoms with van der Waals surface area (Å²) in [6.45, 7) is 0.423. The predicted molar refractivity (Wildman–Crippen MR) is 51.0 cm³/mol. The van der Waals surface area contributed by atoms with Crippen molar-refractivity contribution >= 4 is 6.08 Å². The van der Waals surface area contributed by atoms with E-state index in [1.165, 1.54) is 0 Å². The second-order valence-corrected chi connectivity index (χ2v) is 2.46. The molecule has 0 radical (unpaired) electrons. The van der Waals surface area contributed by atoms with E-state index in [9.17, 15) is 0 Å². The molecule has 0 aliphatic carbocycles. The number of azide groups is 1. The average molecular weight is 188 g/mol. The largest absolute Gasteiger partial charge is 0.267 e. The van der Waals surface area contributed by atoms with E-state index in [-0.39, 0.29) is 0 Å². The van der Waals surface area contributed by atoms with E-state index in [0.717, 1.165) is 5.56 Å². The number of hydrogen-bond acceptors (Lipinski definition) is 3. The third-order valence-electron chi connectivity index (χ3n) is 1.54. The van der Waals surface area contributed by atoms with Gasteiger partial charge in [0.25, 0.3) is 0 Å². The summed E-state index contributed by atoms with van der Waals surface area (Å²) in [4.78, 5) is 2.62. The van der Waals surface area contributed by atoms with Crippen LogP contribution in [0.2, 0.25) is 0 Å². The zero-order valence-electron chi connectivity index (χ0n) is 7.38. The third kappa shape index (κ3) is 2.66. The Kier molecular flexibility index (Phi) is 3.80. The van der Waals surface area contributed by atoms with Gasteiger partial charge in [-0.3, -0.25) is 5.10 Å². The van der Waals surface area contributed by atoms with Crippen LogP contribution >= 0.6 is 0 Å². The Morgan fingerprint density at radius 1 is 1.79 bits per heavy atom. The molecule has 1 rings (SSSR count). The van der Waals surface area contributed by atoms with Crippen LogP contribution in [-0.4, -0.2) is 16.7 Å². The number of nitrogens with zero attached hydrogens (tertiary/aromatic N) is 5. The molecule has 1 aromatic heterocycles. The van der Waals surface area contributed by atoms with Crippen molar-refractivity contribution in [2.24, 2.45) is 5.11 Å². The summed E-state index contributed by atoms with van der Waals surface area (Å²) in [5.74, 6) is 0. The third-order valence-corrected chi connectivity index (χ3v) is 1.54. The molecular formula is C8H8N6. The van der Waals surface area contributed by atoms with Gasteiger partial charge in [-0.05, 0) is 12.0 Å². The molecule has 0 bridgehead atoms. The first-order chi connectivity index (χ1) is 6.88. The molecule has 0 aliphatic rings. The standard InChI is InChI=1S/C8H8N6/c9-5-8-7(6-12-13-8)3-1-2-4-11-14-10/h1,3,6H,2,4H2,(H,12,13). The van der Waals surface area contributed by atoms with Crippen LogP contribution in [0.3, 0.4) is 0 Å². The van der Waals surface area contributed by atoms with E-state index in [1.807, 2.05) is 12.1 Å². The van der Waals surface area contributed by atoms with Crippen molar-refractivity contribution in [3.8, 4) is 6.07 Å². The lowest BCUT2D eigenvalue weighted by Gasteiger charge is -1.85. The van der Waals surface area contributed by atoms with Crippen molar-refractivity contribution in [1.29, 1.82) is 5.26 Å². The lowest BCUT2D eigenvalue weighted by molar-refractivity contribution is 0.995. The van der Waals surface area contributed by atoms with Gasteiger partial charge in [0, 0.05) is 17.0 Å². The lowest BCUT2D eigenvalue weighted by atomic mass is 10.2. The minimum atomic E-state index is 0.423. The van der Waals surface area contributed by atoms with Crippen LogP contribution in [-0.2, 0) is 0 Å². The molecule has 1 N–H and O–H groups in total. The van der Waals surface area contributed by atoms with Crippen LogP contribution in [0.1, 0.15) is 17.7 Å². The molecule has 0 amide bonds. The monoisotopic (exact) mass is 188 g/mol. The van der Waals surface area contributed by atoms with Crippen LogP contribution < -0.4 is 0 Å². The Morgan fingerprint density at radius 3 is 3.36 bits per heavy atom. The molecule has 6 heteroatoms. The van der Waals surface area contributed by atoms with E-state index in [0.29, 0.717) is 18.7 Å². The van der Waals surface area contributed by atoms with Gasteiger partial charge < -0.3 is 0 Å². The van der Waals surface area contributed by atoms with Crippen molar-refractivity contribution in [2.45, 2.75) is 6.42 Å². The maximum Gasteiger partial charge on any atom is 0.142 e. The molecule has 0 saturated carbocycles. The molecule has 0 atom stereocenters. The average Bonchev–Trinajstić information content (AvgIpc) is 2.65. The van der Waals surface area contributed by atoms with Crippen molar-refractivity contribution in [3.63, 3.8) is 0 Å². The van der Waals surface area contributed by atoms with Gasteiger partial charge >= 0.3 is 0 Å². The Bertz CT molecular complexity index is 404. The summed E-state index contributed by atoms with van der Waals surface area (Å²) < 4.78 is 0. The van der Waals surface area contributed by atoms with Gasteiger partial charge in [-0.2, -0.15) is 10.4 Å². The fourth-order valence-electron chi connectivity index (χ4n) is 0.899. The van der Waals surface area contributed by atoms with Gasteiger partial charge in [0.2, 0.25) is 0 Å². The van der Waals surface area contributed by atoms with Gasteiger partial charge in [0.05, 0.1) is 6.20 Å². The molecule has 1 aromatic rings. The van der Waals surface area contributed by atoms with E-state index >= 15 is 0 Å². The molecule has 6 nitrogen and oxygen atoms in total. The number of aromatic amines is 1. The zero-order chi connectivity index (χ0) is 10.2. The maximum absolute atomic E-state index is 8.63. The van der Waals surface area contributed by atoms with Crippen molar-refractivity contribution in [1.82, 2.24) is 10.2 Å². The highest BCUT2D eigenvalue weighted by atomic mass is 15.1. The number of hydrogen-bond donors (Lipinski definition) is 1. The Balaban J connectivity index is 2.52. The minimum absolute atomic E-state index is 0.423. The number of aromatic nitrogens is 2. The fraction of sp³-hybridized carbons (Fsp3) is 0.250. The molecule has 1 heterocycles.